The summed E-state index contributed by atoms with van der Waals surface area (Å²) in [6, 6.07) is 13.6. The van der Waals surface area contributed by atoms with Crippen molar-refractivity contribution >= 4 is 23.0 Å². The van der Waals surface area contributed by atoms with Crippen molar-refractivity contribution in [2.75, 3.05) is 25.6 Å². The zero-order chi connectivity index (χ0) is 18.9. The molecule has 2 rings (SSSR count). The SMILES string of the molecule is CCOc1ccc(C(C)NC(=S)Nc2cccc(OC)c2)cc1OCC. The smallest absolute Gasteiger partial charge is 0.171 e. The molecule has 0 aliphatic carbocycles. The number of ether oxygens (including phenoxy) is 3. The van der Waals surface area contributed by atoms with Gasteiger partial charge >= 0.3 is 0 Å². The maximum Gasteiger partial charge on any atom is 0.171 e. The minimum absolute atomic E-state index is 0.00971. The van der Waals surface area contributed by atoms with Gasteiger partial charge in [-0.2, -0.15) is 0 Å². The van der Waals surface area contributed by atoms with Crippen LogP contribution in [0.1, 0.15) is 32.4 Å². The lowest BCUT2D eigenvalue weighted by molar-refractivity contribution is 0.287. The number of anilines is 1. The molecule has 140 valence electrons. The fourth-order valence-corrected chi connectivity index (χ4v) is 2.78. The van der Waals surface area contributed by atoms with Gasteiger partial charge in [0.25, 0.3) is 0 Å². The highest BCUT2D eigenvalue weighted by Gasteiger charge is 2.12. The number of hydrogen-bond donors (Lipinski definition) is 2. The fourth-order valence-electron chi connectivity index (χ4n) is 2.49. The molecular formula is C20H26N2O3S. The standard InChI is InChI=1S/C20H26N2O3S/c1-5-24-18-11-10-15(12-19(18)25-6-2)14(3)21-20(26)22-16-8-7-9-17(13-16)23-4/h7-14H,5-6H2,1-4H3,(H2,21,22,26). The van der Waals surface area contributed by atoms with Crippen LogP contribution >= 0.6 is 12.2 Å². The van der Waals surface area contributed by atoms with E-state index < -0.39 is 0 Å². The highest BCUT2D eigenvalue weighted by Crippen LogP contribution is 2.30. The fraction of sp³-hybridized carbons (Fsp3) is 0.350. The van der Waals surface area contributed by atoms with Gasteiger partial charge in [0.2, 0.25) is 0 Å². The van der Waals surface area contributed by atoms with Crippen LogP contribution in [0.3, 0.4) is 0 Å². The van der Waals surface area contributed by atoms with Gasteiger partial charge in [-0.15, -0.1) is 0 Å². The summed E-state index contributed by atoms with van der Waals surface area (Å²) in [6.45, 7) is 7.14. The van der Waals surface area contributed by atoms with Gasteiger partial charge in [0, 0.05) is 11.8 Å². The van der Waals surface area contributed by atoms with Gasteiger partial charge in [0.05, 0.1) is 26.4 Å². The minimum atomic E-state index is 0.00971. The molecule has 0 saturated heterocycles. The molecule has 0 radical (unpaired) electrons. The number of benzene rings is 2. The Bertz CT molecular complexity index is 737. The van der Waals surface area contributed by atoms with Crippen LogP contribution in [0.25, 0.3) is 0 Å². The van der Waals surface area contributed by atoms with Crippen molar-refractivity contribution in [3.63, 3.8) is 0 Å². The summed E-state index contributed by atoms with van der Waals surface area (Å²) in [7, 11) is 1.64. The van der Waals surface area contributed by atoms with Crippen LogP contribution in [-0.4, -0.2) is 25.4 Å². The summed E-state index contributed by atoms with van der Waals surface area (Å²) in [5.41, 5.74) is 1.93. The molecule has 26 heavy (non-hydrogen) atoms. The molecule has 1 atom stereocenters. The second-order valence-electron chi connectivity index (χ2n) is 5.62. The minimum Gasteiger partial charge on any atom is -0.497 e. The van der Waals surface area contributed by atoms with Crippen molar-refractivity contribution in [2.24, 2.45) is 0 Å². The first-order valence-corrected chi connectivity index (χ1v) is 9.09. The first kappa shape index (κ1) is 19.8. The Morgan fingerprint density at radius 3 is 2.46 bits per heavy atom. The summed E-state index contributed by atoms with van der Waals surface area (Å²) in [5, 5.41) is 7.00. The molecule has 2 aromatic carbocycles. The van der Waals surface area contributed by atoms with Crippen LogP contribution in [-0.2, 0) is 0 Å². The number of nitrogens with one attached hydrogen (secondary N) is 2. The average Bonchev–Trinajstić information content (AvgIpc) is 2.63. The third-order valence-electron chi connectivity index (χ3n) is 3.74. The van der Waals surface area contributed by atoms with Gasteiger partial charge in [-0.05, 0) is 62.8 Å². The normalized spacial score (nSPS) is 11.4. The molecule has 0 heterocycles. The molecule has 2 aromatic rings. The zero-order valence-electron chi connectivity index (χ0n) is 15.7. The molecule has 6 heteroatoms. The third kappa shape index (κ3) is 5.52. The van der Waals surface area contributed by atoms with E-state index in [0.717, 1.165) is 28.5 Å². The van der Waals surface area contributed by atoms with Crippen molar-refractivity contribution in [1.82, 2.24) is 5.32 Å². The molecule has 0 amide bonds. The van der Waals surface area contributed by atoms with E-state index in [1.165, 1.54) is 0 Å². The van der Waals surface area contributed by atoms with Gasteiger partial charge in [-0.3, -0.25) is 0 Å². The van der Waals surface area contributed by atoms with Gasteiger partial charge in [-0.1, -0.05) is 12.1 Å². The quantitative estimate of drug-likeness (QED) is 0.662. The molecule has 2 N–H and O–H groups in total. The lowest BCUT2D eigenvalue weighted by Gasteiger charge is -2.19. The van der Waals surface area contributed by atoms with Gasteiger partial charge < -0.3 is 24.8 Å². The molecule has 0 bridgehead atoms. The van der Waals surface area contributed by atoms with E-state index in [1.54, 1.807) is 7.11 Å². The van der Waals surface area contributed by atoms with Crippen LogP contribution in [0.2, 0.25) is 0 Å². The molecule has 0 aliphatic rings. The summed E-state index contributed by atoms with van der Waals surface area (Å²) >= 11 is 5.42. The van der Waals surface area contributed by atoms with Crippen LogP contribution in [0, 0.1) is 0 Å². The van der Waals surface area contributed by atoms with Crippen molar-refractivity contribution in [3.05, 3.63) is 48.0 Å². The average molecular weight is 375 g/mol. The van der Waals surface area contributed by atoms with Crippen molar-refractivity contribution in [3.8, 4) is 17.2 Å². The van der Waals surface area contributed by atoms with E-state index in [1.807, 2.05) is 63.2 Å². The highest BCUT2D eigenvalue weighted by molar-refractivity contribution is 7.80. The van der Waals surface area contributed by atoms with E-state index in [-0.39, 0.29) is 6.04 Å². The monoisotopic (exact) mass is 374 g/mol. The van der Waals surface area contributed by atoms with Crippen molar-refractivity contribution in [2.45, 2.75) is 26.8 Å². The van der Waals surface area contributed by atoms with Gasteiger partial charge in [0.15, 0.2) is 16.6 Å². The lowest BCUT2D eigenvalue weighted by Crippen LogP contribution is -2.30. The number of hydrogen-bond acceptors (Lipinski definition) is 4. The molecular weight excluding hydrogens is 348 g/mol. The first-order valence-electron chi connectivity index (χ1n) is 8.68. The van der Waals surface area contributed by atoms with E-state index in [0.29, 0.717) is 18.3 Å². The van der Waals surface area contributed by atoms with Crippen LogP contribution in [0.15, 0.2) is 42.5 Å². The Labute approximate surface area is 160 Å². The van der Waals surface area contributed by atoms with Gasteiger partial charge in [-0.25, -0.2) is 0 Å². The topological polar surface area (TPSA) is 51.8 Å². The second-order valence-corrected chi connectivity index (χ2v) is 6.03. The van der Waals surface area contributed by atoms with E-state index in [9.17, 15) is 0 Å². The molecule has 0 aliphatic heterocycles. The summed E-state index contributed by atoms with van der Waals surface area (Å²) in [6.07, 6.45) is 0. The van der Waals surface area contributed by atoms with E-state index in [2.05, 4.69) is 10.6 Å². The Kier molecular flexibility index (Phi) is 7.53. The highest BCUT2D eigenvalue weighted by atomic mass is 32.1. The van der Waals surface area contributed by atoms with Crippen LogP contribution < -0.4 is 24.8 Å². The summed E-state index contributed by atoms with van der Waals surface area (Å²) in [5.74, 6) is 2.27. The maximum atomic E-state index is 5.69. The summed E-state index contributed by atoms with van der Waals surface area (Å²) < 4.78 is 16.5. The van der Waals surface area contributed by atoms with Crippen LogP contribution in [0.4, 0.5) is 5.69 Å². The van der Waals surface area contributed by atoms with E-state index >= 15 is 0 Å². The predicted octanol–water partition coefficient (Wildman–Crippen LogP) is 4.54. The third-order valence-corrected chi connectivity index (χ3v) is 3.96. The Morgan fingerprint density at radius 2 is 1.77 bits per heavy atom. The summed E-state index contributed by atoms with van der Waals surface area (Å²) in [4.78, 5) is 0. The number of thiocarbonyl (C=S) groups is 1. The van der Waals surface area contributed by atoms with Crippen LogP contribution in [0.5, 0.6) is 17.2 Å². The largest absolute Gasteiger partial charge is 0.497 e. The Balaban J connectivity index is 2.04. The Hall–Kier alpha value is -2.47. The molecule has 5 nitrogen and oxygen atoms in total. The first-order chi connectivity index (χ1) is 12.6. The number of methoxy groups -OCH3 is 1. The van der Waals surface area contributed by atoms with E-state index in [4.69, 9.17) is 26.4 Å². The molecule has 0 fully saturated rings. The molecule has 1 unspecified atom stereocenters. The molecule has 0 aromatic heterocycles. The van der Waals surface area contributed by atoms with Gasteiger partial charge in [0.1, 0.15) is 5.75 Å². The second kappa shape index (κ2) is 9.87. The number of rotatable bonds is 8. The predicted molar refractivity (Wildman–Crippen MR) is 110 cm³/mol. The van der Waals surface area contributed by atoms with Crippen molar-refractivity contribution < 1.29 is 14.2 Å². The molecule has 0 spiro atoms. The maximum absolute atomic E-state index is 5.69. The zero-order valence-corrected chi connectivity index (χ0v) is 16.5. The Morgan fingerprint density at radius 1 is 1.04 bits per heavy atom. The van der Waals surface area contributed by atoms with Crippen molar-refractivity contribution in [1.29, 1.82) is 0 Å². The molecule has 0 saturated carbocycles. The lowest BCUT2D eigenvalue weighted by atomic mass is 10.1.